The molecular formula is C23H25N7O3S. The summed E-state index contributed by atoms with van der Waals surface area (Å²) in [5.74, 6) is 1.36. The molecule has 0 unspecified atom stereocenters. The van der Waals surface area contributed by atoms with Crippen LogP contribution in [0.1, 0.15) is 6.92 Å². The number of aromatic nitrogens is 4. The minimum absolute atomic E-state index is 0.193. The van der Waals surface area contributed by atoms with Gasteiger partial charge in [0.2, 0.25) is 17.8 Å². The highest BCUT2D eigenvalue weighted by Gasteiger charge is 2.17. The maximum atomic E-state index is 11.7. The summed E-state index contributed by atoms with van der Waals surface area (Å²) in [7, 11) is 2.27. The second kappa shape index (κ2) is 8.75. The van der Waals surface area contributed by atoms with E-state index >= 15 is 0 Å². The monoisotopic (exact) mass is 479 g/mol. The number of sulfone groups is 1. The SMILES string of the molecule is CC(=O)Nc1nc2c(N(C)c3ccnc(N(C)c4ccc(S(C)(=O)=O)cc4)n3)cccc2n1C. The minimum Gasteiger partial charge on any atom is -0.327 e. The first-order valence-electron chi connectivity index (χ1n) is 10.4. The van der Waals surface area contributed by atoms with Crippen LogP contribution < -0.4 is 15.1 Å². The molecule has 0 fully saturated rings. The van der Waals surface area contributed by atoms with Crippen molar-refractivity contribution in [3.63, 3.8) is 0 Å². The summed E-state index contributed by atoms with van der Waals surface area (Å²) in [5.41, 5.74) is 3.15. The third kappa shape index (κ3) is 4.42. The van der Waals surface area contributed by atoms with Crippen LogP contribution in [0.25, 0.3) is 11.0 Å². The van der Waals surface area contributed by atoms with Gasteiger partial charge in [0.05, 0.1) is 16.1 Å². The fourth-order valence-corrected chi connectivity index (χ4v) is 4.21. The first kappa shape index (κ1) is 23.2. The van der Waals surface area contributed by atoms with Gasteiger partial charge in [0, 0.05) is 46.2 Å². The number of carbonyl (C=O) groups is 1. The van der Waals surface area contributed by atoms with Gasteiger partial charge < -0.3 is 14.4 Å². The Morgan fingerprint density at radius 2 is 1.71 bits per heavy atom. The number of carbonyl (C=O) groups excluding carboxylic acids is 1. The van der Waals surface area contributed by atoms with Gasteiger partial charge in [-0.15, -0.1) is 0 Å². The van der Waals surface area contributed by atoms with Crippen LogP contribution in [0.2, 0.25) is 0 Å². The number of imidazole rings is 1. The van der Waals surface area contributed by atoms with E-state index in [9.17, 15) is 13.2 Å². The van der Waals surface area contributed by atoms with E-state index in [1.807, 2.05) is 48.8 Å². The fourth-order valence-electron chi connectivity index (χ4n) is 3.58. The number of hydrogen-bond acceptors (Lipinski definition) is 8. The standard InChI is InChI=1S/C23H25N7O3S/c1-15(31)25-23-27-21-18(7-6-8-19(21)30(23)4)29(3)20-13-14-24-22(26-20)28(2)16-9-11-17(12-10-16)34(5,32)33/h6-14H,1-5H3,(H,25,27,31). The number of hydrogen-bond donors (Lipinski definition) is 1. The summed E-state index contributed by atoms with van der Waals surface area (Å²) in [6.45, 7) is 1.44. The van der Waals surface area contributed by atoms with E-state index in [0.717, 1.165) is 22.4 Å². The third-order valence-electron chi connectivity index (χ3n) is 5.46. The molecule has 176 valence electrons. The number of rotatable bonds is 6. The van der Waals surface area contributed by atoms with Gasteiger partial charge in [0.25, 0.3) is 0 Å². The number of amides is 1. The zero-order chi connectivity index (χ0) is 24.6. The van der Waals surface area contributed by atoms with Crippen LogP contribution in [0.15, 0.2) is 59.6 Å². The Morgan fingerprint density at radius 3 is 2.35 bits per heavy atom. The molecule has 0 atom stereocenters. The molecular weight excluding hydrogens is 454 g/mol. The Bertz CT molecular complexity index is 1480. The summed E-state index contributed by atoms with van der Waals surface area (Å²) in [6.07, 6.45) is 2.84. The smallest absolute Gasteiger partial charge is 0.231 e. The number of nitrogens with one attached hydrogen (secondary N) is 1. The molecule has 34 heavy (non-hydrogen) atoms. The summed E-state index contributed by atoms with van der Waals surface area (Å²) in [5, 5.41) is 2.75. The van der Waals surface area contributed by atoms with Crippen LogP contribution in [-0.2, 0) is 21.7 Å². The summed E-state index contributed by atoms with van der Waals surface area (Å²) in [4.78, 5) is 29.2. The number of benzene rings is 2. The van der Waals surface area contributed by atoms with E-state index in [1.165, 1.54) is 13.2 Å². The minimum atomic E-state index is -3.27. The molecule has 0 aliphatic carbocycles. The van der Waals surface area contributed by atoms with Crippen LogP contribution >= 0.6 is 0 Å². The number of para-hydroxylation sites is 1. The zero-order valence-electron chi connectivity index (χ0n) is 19.5. The molecule has 0 bridgehead atoms. The Labute approximate surface area is 197 Å². The van der Waals surface area contributed by atoms with Gasteiger partial charge in [0.15, 0.2) is 9.84 Å². The van der Waals surface area contributed by atoms with Crippen LogP contribution in [0.3, 0.4) is 0 Å². The quantitative estimate of drug-likeness (QED) is 0.448. The second-order valence-electron chi connectivity index (χ2n) is 7.92. The summed E-state index contributed by atoms with van der Waals surface area (Å²) in [6, 6.07) is 14.1. The van der Waals surface area contributed by atoms with E-state index in [0.29, 0.717) is 17.7 Å². The largest absolute Gasteiger partial charge is 0.327 e. The number of anilines is 5. The third-order valence-corrected chi connectivity index (χ3v) is 6.59. The predicted molar refractivity (Wildman–Crippen MR) is 133 cm³/mol. The average Bonchev–Trinajstić information content (AvgIpc) is 3.12. The van der Waals surface area contributed by atoms with Crippen molar-refractivity contribution >= 4 is 55.9 Å². The molecule has 11 heteroatoms. The Morgan fingerprint density at radius 1 is 1.00 bits per heavy atom. The van der Waals surface area contributed by atoms with Crippen LogP contribution in [0, 0.1) is 0 Å². The van der Waals surface area contributed by atoms with Crippen molar-refractivity contribution in [1.29, 1.82) is 0 Å². The van der Waals surface area contributed by atoms with Gasteiger partial charge >= 0.3 is 0 Å². The van der Waals surface area contributed by atoms with Crippen molar-refractivity contribution in [2.24, 2.45) is 7.05 Å². The van der Waals surface area contributed by atoms with Gasteiger partial charge in [-0.05, 0) is 42.5 Å². The van der Waals surface area contributed by atoms with Crippen molar-refractivity contribution in [2.45, 2.75) is 11.8 Å². The molecule has 4 aromatic rings. The van der Waals surface area contributed by atoms with Crippen molar-refractivity contribution in [1.82, 2.24) is 19.5 Å². The molecule has 10 nitrogen and oxygen atoms in total. The molecule has 2 aromatic carbocycles. The first-order chi connectivity index (χ1) is 16.1. The van der Waals surface area contributed by atoms with Gasteiger partial charge in [-0.3, -0.25) is 10.1 Å². The van der Waals surface area contributed by atoms with E-state index in [2.05, 4.69) is 15.3 Å². The average molecular weight is 480 g/mol. The highest BCUT2D eigenvalue weighted by molar-refractivity contribution is 7.90. The van der Waals surface area contributed by atoms with E-state index in [4.69, 9.17) is 4.98 Å². The van der Waals surface area contributed by atoms with Gasteiger partial charge in [-0.1, -0.05) is 6.07 Å². The predicted octanol–water partition coefficient (Wildman–Crippen LogP) is 3.26. The summed E-state index contributed by atoms with van der Waals surface area (Å²) >= 11 is 0. The van der Waals surface area contributed by atoms with Crippen molar-refractivity contribution in [2.75, 3.05) is 35.5 Å². The van der Waals surface area contributed by atoms with Crippen molar-refractivity contribution < 1.29 is 13.2 Å². The molecule has 0 spiro atoms. The zero-order valence-corrected chi connectivity index (χ0v) is 20.3. The maximum Gasteiger partial charge on any atom is 0.231 e. The van der Waals surface area contributed by atoms with E-state index in [1.54, 1.807) is 41.4 Å². The number of fused-ring (bicyclic) bond motifs is 1. The van der Waals surface area contributed by atoms with Crippen LogP contribution in [0.4, 0.5) is 29.1 Å². The van der Waals surface area contributed by atoms with E-state index < -0.39 is 9.84 Å². The van der Waals surface area contributed by atoms with Gasteiger partial charge in [0.1, 0.15) is 11.3 Å². The highest BCUT2D eigenvalue weighted by atomic mass is 32.2. The fraction of sp³-hybridized carbons (Fsp3) is 0.217. The first-order valence-corrected chi connectivity index (χ1v) is 12.3. The highest BCUT2D eigenvalue weighted by Crippen LogP contribution is 2.32. The Kier molecular flexibility index (Phi) is 5.96. The topological polar surface area (TPSA) is 113 Å². The molecule has 0 radical (unpaired) electrons. The summed E-state index contributed by atoms with van der Waals surface area (Å²) < 4.78 is 25.3. The lowest BCUT2D eigenvalue weighted by molar-refractivity contribution is -0.114. The lowest BCUT2D eigenvalue weighted by Gasteiger charge is -2.22. The van der Waals surface area contributed by atoms with Crippen molar-refractivity contribution in [3.05, 3.63) is 54.7 Å². The second-order valence-corrected chi connectivity index (χ2v) is 9.94. The molecule has 0 aliphatic rings. The van der Waals surface area contributed by atoms with E-state index in [-0.39, 0.29) is 10.8 Å². The molecule has 4 rings (SSSR count). The molecule has 0 saturated carbocycles. The van der Waals surface area contributed by atoms with Crippen molar-refractivity contribution in [3.8, 4) is 0 Å². The molecule has 2 aromatic heterocycles. The molecule has 0 aliphatic heterocycles. The van der Waals surface area contributed by atoms with Crippen LogP contribution in [-0.4, -0.2) is 54.2 Å². The lowest BCUT2D eigenvalue weighted by Crippen LogP contribution is -2.17. The number of nitrogens with zero attached hydrogens (tertiary/aromatic N) is 6. The van der Waals surface area contributed by atoms with Gasteiger partial charge in [-0.2, -0.15) is 4.98 Å². The Hall–Kier alpha value is -3.99. The molecule has 1 N–H and O–H groups in total. The molecule has 0 saturated heterocycles. The van der Waals surface area contributed by atoms with Gasteiger partial charge in [-0.25, -0.2) is 18.4 Å². The normalized spacial score (nSPS) is 11.4. The maximum absolute atomic E-state index is 11.7. The molecule has 1 amide bonds. The number of aryl methyl sites for hydroxylation is 1. The Balaban J connectivity index is 1.68. The molecule has 2 heterocycles. The lowest BCUT2D eigenvalue weighted by atomic mass is 10.2. The van der Waals surface area contributed by atoms with Crippen LogP contribution in [0.5, 0.6) is 0 Å².